The van der Waals surface area contributed by atoms with Crippen LogP contribution in [-0.4, -0.2) is 47.7 Å². The van der Waals surface area contributed by atoms with E-state index in [1.54, 1.807) is 6.92 Å². The van der Waals surface area contributed by atoms with Crippen LogP contribution in [0.2, 0.25) is 0 Å². The summed E-state index contributed by atoms with van der Waals surface area (Å²) < 4.78 is 4.95. The quantitative estimate of drug-likeness (QED) is 0.780. The molecule has 1 aliphatic rings. The van der Waals surface area contributed by atoms with Gasteiger partial charge in [-0.25, -0.2) is 4.79 Å². The fraction of sp³-hybridized carbons (Fsp3) is 0.818. The molecular weight excluding hydrogens is 210 g/mol. The molecule has 0 aromatic heterocycles. The molecule has 16 heavy (non-hydrogen) atoms. The van der Waals surface area contributed by atoms with Gasteiger partial charge in [-0.2, -0.15) is 0 Å². The Kier molecular flexibility index (Phi) is 4.73. The standard InChI is InChI=1S/C11H19NO4/c1-8(16-2)10(13)12-7-5-3-4-6-9(12)11(14)15/h8-9H,3-7H2,1-2H3,(H,14,15). The third-order valence-corrected chi connectivity index (χ3v) is 3.02. The number of amides is 1. The number of carbonyl (C=O) groups is 2. The Morgan fingerprint density at radius 3 is 2.62 bits per heavy atom. The number of carbonyl (C=O) groups excluding carboxylic acids is 1. The zero-order valence-electron chi connectivity index (χ0n) is 9.81. The molecule has 0 saturated carbocycles. The van der Waals surface area contributed by atoms with Gasteiger partial charge in [0.2, 0.25) is 0 Å². The predicted octanol–water partition coefficient (Wildman–Crippen LogP) is 0.877. The Morgan fingerprint density at radius 2 is 2.06 bits per heavy atom. The van der Waals surface area contributed by atoms with Crippen LogP contribution in [-0.2, 0) is 14.3 Å². The number of aliphatic carboxylic acids is 1. The maximum absolute atomic E-state index is 11.9. The van der Waals surface area contributed by atoms with Crippen molar-refractivity contribution in [1.29, 1.82) is 0 Å². The summed E-state index contributed by atoms with van der Waals surface area (Å²) in [6.07, 6.45) is 2.68. The van der Waals surface area contributed by atoms with Crippen molar-refractivity contribution in [3.63, 3.8) is 0 Å². The van der Waals surface area contributed by atoms with E-state index in [4.69, 9.17) is 9.84 Å². The minimum Gasteiger partial charge on any atom is -0.480 e. The third kappa shape index (κ3) is 2.95. The molecule has 0 aromatic rings. The second-order valence-electron chi connectivity index (χ2n) is 4.11. The number of carboxylic acid groups (broad SMARTS) is 1. The van der Waals surface area contributed by atoms with Gasteiger partial charge in [-0.1, -0.05) is 12.8 Å². The van der Waals surface area contributed by atoms with Crippen molar-refractivity contribution in [2.75, 3.05) is 13.7 Å². The first-order valence-corrected chi connectivity index (χ1v) is 5.64. The largest absolute Gasteiger partial charge is 0.480 e. The van der Waals surface area contributed by atoms with Crippen molar-refractivity contribution >= 4 is 11.9 Å². The van der Waals surface area contributed by atoms with Crippen LogP contribution >= 0.6 is 0 Å². The summed E-state index contributed by atoms with van der Waals surface area (Å²) in [4.78, 5) is 24.5. The highest BCUT2D eigenvalue weighted by Gasteiger charge is 2.32. The lowest BCUT2D eigenvalue weighted by atomic mass is 10.1. The van der Waals surface area contributed by atoms with Crippen LogP contribution in [0.1, 0.15) is 32.6 Å². The summed E-state index contributed by atoms with van der Waals surface area (Å²) in [6, 6.07) is -0.687. The maximum Gasteiger partial charge on any atom is 0.326 e. The van der Waals surface area contributed by atoms with Gasteiger partial charge in [0.15, 0.2) is 0 Å². The van der Waals surface area contributed by atoms with E-state index in [1.807, 2.05) is 0 Å². The molecule has 5 heteroatoms. The molecule has 2 unspecified atom stereocenters. The number of ether oxygens (including phenoxy) is 1. The number of likely N-dealkylation sites (tertiary alicyclic amines) is 1. The molecule has 92 valence electrons. The van der Waals surface area contributed by atoms with E-state index in [9.17, 15) is 9.59 Å². The van der Waals surface area contributed by atoms with E-state index in [-0.39, 0.29) is 5.91 Å². The van der Waals surface area contributed by atoms with Gasteiger partial charge in [0.25, 0.3) is 5.91 Å². The van der Waals surface area contributed by atoms with Gasteiger partial charge in [-0.3, -0.25) is 4.79 Å². The van der Waals surface area contributed by atoms with E-state index >= 15 is 0 Å². The summed E-state index contributed by atoms with van der Waals surface area (Å²) in [5.74, 6) is -1.14. The van der Waals surface area contributed by atoms with Crippen molar-refractivity contribution in [2.45, 2.75) is 44.8 Å². The first-order valence-electron chi connectivity index (χ1n) is 5.64. The van der Waals surface area contributed by atoms with E-state index in [0.717, 1.165) is 19.3 Å². The second kappa shape index (κ2) is 5.84. The molecule has 2 atom stereocenters. The van der Waals surface area contributed by atoms with Crippen molar-refractivity contribution < 1.29 is 19.4 Å². The lowest BCUT2D eigenvalue weighted by molar-refractivity contribution is -0.154. The normalized spacial score (nSPS) is 23.6. The number of methoxy groups -OCH3 is 1. The number of nitrogens with zero attached hydrogens (tertiary/aromatic N) is 1. The van der Waals surface area contributed by atoms with Crippen LogP contribution in [0, 0.1) is 0 Å². The van der Waals surface area contributed by atoms with Gasteiger partial charge < -0.3 is 14.7 Å². The van der Waals surface area contributed by atoms with Crippen molar-refractivity contribution in [2.24, 2.45) is 0 Å². The van der Waals surface area contributed by atoms with Crippen molar-refractivity contribution in [3.05, 3.63) is 0 Å². The fourth-order valence-corrected chi connectivity index (χ4v) is 1.96. The lowest BCUT2D eigenvalue weighted by Crippen LogP contribution is -2.48. The number of rotatable bonds is 3. The van der Waals surface area contributed by atoms with Crippen LogP contribution in [0.25, 0.3) is 0 Å². The minimum absolute atomic E-state index is 0.225. The highest BCUT2D eigenvalue weighted by atomic mass is 16.5. The Balaban J connectivity index is 2.78. The topological polar surface area (TPSA) is 66.8 Å². The van der Waals surface area contributed by atoms with Crippen LogP contribution < -0.4 is 0 Å². The predicted molar refractivity (Wildman–Crippen MR) is 58.1 cm³/mol. The fourth-order valence-electron chi connectivity index (χ4n) is 1.96. The summed E-state index contributed by atoms with van der Waals surface area (Å²) in [6.45, 7) is 2.16. The van der Waals surface area contributed by atoms with Gasteiger partial charge >= 0.3 is 5.97 Å². The number of hydrogen-bond acceptors (Lipinski definition) is 3. The first kappa shape index (κ1) is 13.0. The van der Waals surface area contributed by atoms with Gasteiger partial charge in [-0.05, 0) is 19.8 Å². The molecule has 0 spiro atoms. The summed E-state index contributed by atoms with van der Waals surface area (Å²) in [7, 11) is 1.45. The van der Waals surface area contributed by atoms with Gasteiger partial charge in [0.05, 0.1) is 0 Å². The molecule has 0 aliphatic carbocycles. The molecule has 1 fully saturated rings. The molecule has 0 aromatic carbocycles. The van der Waals surface area contributed by atoms with Crippen LogP contribution in [0.5, 0.6) is 0 Å². The first-order chi connectivity index (χ1) is 7.57. The van der Waals surface area contributed by atoms with Crippen molar-refractivity contribution in [1.82, 2.24) is 4.90 Å². The average molecular weight is 229 g/mol. The molecule has 1 heterocycles. The Labute approximate surface area is 95.4 Å². The maximum atomic E-state index is 11.9. The SMILES string of the molecule is COC(C)C(=O)N1CCCCCC1C(=O)O. The van der Waals surface area contributed by atoms with Crippen molar-refractivity contribution in [3.8, 4) is 0 Å². The highest BCUT2D eigenvalue weighted by molar-refractivity contribution is 5.86. The van der Waals surface area contributed by atoms with E-state index in [0.29, 0.717) is 13.0 Å². The van der Waals surface area contributed by atoms with Gasteiger partial charge in [0.1, 0.15) is 12.1 Å². The summed E-state index contributed by atoms with van der Waals surface area (Å²) in [5, 5.41) is 9.10. The van der Waals surface area contributed by atoms with E-state index in [2.05, 4.69) is 0 Å². The van der Waals surface area contributed by atoms with E-state index < -0.39 is 18.1 Å². The van der Waals surface area contributed by atoms with Crippen LogP contribution in [0.15, 0.2) is 0 Å². The highest BCUT2D eigenvalue weighted by Crippen LogP contribution is 2.18. The molecule has 1 amide bonds. The van der Waals surface area contributed by atoms with Crippen LogP contribution in [0.4, 0.5) is 0 Å². The molecule has 5 nitrogen and oxygen atoms in total. The lowest BCUT2D eigenvalue weighted by Gasteiger charge is -2.28. The van der Waals surface area contributed by atoms with E-state index in [1.165, 1.54) is 12.0 Å². The molecule has 0 bridgehead atoms. The minimum atomic E-state index is -0.918. The zero-order valence-corrected chi connectivity index (χ0v) is 9.81. The third-order valence-electron chi connectivity index (χ3n) is 3.02. The second-order valence-corrected chi connectivity index (χ2v) is 4.11. The molecule has 1 N–H and O–H groups in total. The smallest absolute Gasteiger partial charge is 0.326 e. The molecule has 1 aliphatic heterocycles. The van der Waals surface area contributed by atoms with Crippen LogP contribution in [0.3, 0.4) is 0 Å². The average Bonchev–Trinajstić information content (AvgIpc) is 2.52. The number of hydrogen-bond donors (Lipinski definition) is 1. The molecule has 0 radical (unpaired) electrons. The molecular formula is C11H19NO4. The summed E-state index contributed by atoms with van der Waals surface area (Å²) in [5.41, 5.74) is 0. The van der Waals surface area contributed by atoms with Gasteiger partial charge in [-0.15, -0.1) is 0 Å². The monoisotopic (exact) mass is 229 g/mol. The zero-order chi connectivity index (χ0) is 12.1. The Morgan fingerprint density at radius 1 is 1.38 bits per heavy atom. The Hall–Kier alpha value is -1.10. The number of carboxylic acids is 1. The molecule has 1 rings (SSSR count). The summed E-state index contributed by atoms with van der Waals surface area (Å²) >= 11 is 0. The molecule has 1 saturated heterocycles. The Bertz CT molecular complexity index is 267. The van der Waals surface area contributed by atoms with Gasteiger partial charge in [0, 0.05) is 13.7 Å².